The summed E-state index contributed by atoms with van der Waals surface area (Å²) < 4.78 is 10.6. The van der Waals surface area contributed by atoms with Crippen LogP contribution in [0.1, 0.15) is 30.0 Å². The average molecular weight is 355 g/mol. The Hall–Kier alpha value is -2.82. The molecule has 0 fully saturated rings. The number of benzene rings is 2. The summed E-state index contributed by atoms with van der Waals surface area (Å²) in [6.07, 6.45) is 0.902. The summed E-state index contributed by atoms with van der Waals surface area (Å²) in [5, 5.41) is 2.83. The number of aryl methyl sites for hydroxylation is 3. The molecule has 0 spiro atoms. The third-order valence-corrected chi connectivity index (χ3v) is 4.03. The molecule has 2 rings (SSSR count). The topological polar surface area (TPSA) is 64.6 Å². The number of anilines is 1. The van der Waals surface area contributed by atoms with Crippen LogP contribution in [0.4, 0.5) is 5.69 Å². The van der Waals surface area contributed by atoms with Gasteiger partial charge in [0.2, 0.25) is 0 Å². The predicted molar refractivity (Wildman–Crippen MR) is 101 cm³/mol. The summed E-state index contributed by atoms with van der Waals surface area (Å²) in [5.41, 5.74) is 3.83. The number of para-hydroxylation sites is 2. The molecule has 0 aliphatic rings. The first-order valence-electron chi connectivity index (χ1n) is 8.73. The number of hydrogen-bond donors (Lipinski definition) is 1. The third-order valence-electron chi connectivity index (χ3n) is 4.03. The Kier molecular flexibility index (Phi) is 7.21. The van der Waals surface area contributed by atoms with Crippen molar-refractivity contribution in [3.05, 3.63) is 59.2 Å². The highest BCUT2D eigenvalue weighted by molar-refractivity contribution is 5.94. The quantitative estimate of drug-likeness (QED) is 0.731. The van der Waals surface area contributed by atoms with Crippen molar-refractivity contribution in [1.29, 1.82) is 0 Å². The van der Waals surface area contributed by atoms with Gasteiger partial charge in [0.25, 0.3) is 5.91 Å². The van der Waals surface area contributed by atoms with E-state index in [4.69, 9.17) is 9.47 Å². The first-order valence-corrected chi connectivity index (χ1v) is 8.73. The van der Waals surface area contributed by atoms with Crippen LogP contribution in [0, 0.1) is 13.8 Å². The van der Waals surface area contributed by atoms with E-state index in [1.165, 1.54) is 0 Å². The summed E-state index contributed by atoms with van der Waals surface area (Å²) in [4.78, 5) is 23.8. The Morgan fingerprint density at radius 3 is 2.46 bits per heavy atom. The van der Waals surface area contributed by atoms with E-state index in [2.05, 4.69) is 5.32 Å². The standard InChI is InChI=1S/C21H25NO4/c1-4-17-10-7-9-16(3)21(17)22-19(23)14-26-20(24)12-13-25-18-11-6-5-8-15(18)2/h5-11H,4,12-14H2,1-3H3,(H,22,23). The zero-order valence-electron chi connectivity index (χ0n) is 15.5. The molecule has 0 bridgehead atoms. The van der Waals surface area contributed by atoms with Gasteiger partial charge in [0.15, 0.2) is 6.61 Å². The number of carbonyl (C=O) groups is 2. The lowest BCUT2D eigenvalue weighted by Crippen LogP contribution is -2.22. The fourth-order valence-electron chi connectivity index (χ4n) is 2.56. The number of rotatable bonds is 8. The second-order valence-corrected chi connectivity index (χ2v) is 6.04. The third kappa shape index (κ3) is 5.62. The molecule has 0 atom stereocenters. The fourth-order valence-corrected chi connectivity index (χ4v) is 2.56. The number of nitrogens with one attached hydrogen (secondary N) is 1. The first-order chi connectivity index (χ1) is 12.5. The molecule has 0 saturated carbocycles. The smallest absolute Gasteiger partial charge is 0.309 e. The van der Waals surface area contributed by atoms with Gasteiger partial charge in [0.1, 0.15) is 5.75 Å². The van der Waals surface area contributed by atoms with E-state index in [9.17, 15) is 9.59 Å². The lowest BCUT2D eigenvalue weighted by molar-refractivity contribution is -0.147. The number of hydrogen-bond acceptors (Lipinski definition) is 4. The summed E-state index contributed by atoms with van der Waals surface area (Å²) in [6.45, 7) is 5.81. The Bertz CT molecular complexity index is 770. The summed E-state index contributed by atoms with van der Waals surface area (Å²) >= 11 is 0. The van der Waals surface area contributed by atoms with E-state index in [0.29, 0.717) is 0 Å². The van der Waals surface area contributed by atoms with Gasteiger partial charge >= 0.3 is 5.97 Å². The van der Waals surface area contributed by atoms with Crippen molar-refractivity contribution >= 4 is 17.6 Å². The van der Waals surface area contributed by atoms with Crippen molar-refractivity contribution in [2.24, 2.45) is 0 Å². The molecule has 0 aromatic heterocycles. The maximum atomic E-state index is 12.1. The minimum atomic E-state index is -0.464. The molecule has 0 saturated heterocycles. The maximum Gasteiger partial charge on any atom is 0.309 e. The van der Waals surface area contributed by atoms with E-state index in [0.717, 1.165) is 34.5 Å². The highest BCUT2D eigenvalue weighted by atomic mass is 16.5. The average Bonchev–Trinajstić information content (AvgIpc) is 2.63. The Balaban J connectivity index is 1.75. The molecule has 2 aromatic carbocycles. The lowest BCUT2D eigenvalue weighted by atomic mass is 10.1. The molecule has 138 valence electrons. The maximum absolute atomic E-state index is 12.1. The second-order valence-electron chi connectivity index (χ2n) is 6.04. The van der Waals surface area contributed by atoms with Crippen molar-refractivity contribution in [2.75, 3.05) is 18.5 Å². The highest BCUT2D eigenvalue weighted by Gasteiger charge is 2.11. The van der Waals surface area contributed by atoms with Crippen LogP contribution in [0.15, 0.2) is 42.5 Å². The monoisotopic (exact) mass is 355 g/mol. The second kappa shape index (κ2) is 9.61. The SMILES string of the molecule is CCc1cccc(C)c1NC(=O)COC(=O)CCOc1ccccc1C. The molecule has 0 aliphatic heterocycles. The van der Waals surface area contributed by atoms with Crippen LogP contribution < -0.4 is 10.1 Å². The zero-order valence-corrected chi connectivity index (χ0v) is 15.5. The van der Waals surface area contributed by atoms with Crippen LogP contribution in [0.25, 0.3) is 0 Å². The van der Waals surface area contributed by atoms with Crippen molar-refractivity contribution in [3.63, 3.8) is 0 Å². The predicted octanol–water partition coefficient (Wildman–Crippen LogP) is 3.82. The Labute approximate surface area is 154 Å². The van der Waals surface area contributed by atoms with Crippen LogP contribution in [-0.4, -0.2) is 25.1 Å². The van der Waals surface area contributed by atoms with E-state index in [-0.39, 0.29) is 25.5 Å². The molecule has 5 heteroatoms. The van der Waals surface area contributed by atoms with Crippen molar-refractivity contribution in [1.82, 2.24) is 0 Å². The van der Waals surface area contributed by atoms with E-state index in [1.54, 1.807) is 0 Å². The molecule has 5 nitrogen and oxygen atoms in total. The number of esters is 1. The molecule has 1 N–H and O–H groups in total. The van der Waals surface area contributed by atoms with Gasteiger partial charge in [-0.1, -0.05) is 43.3 Å². The molecular formula is C21H25NO4. The summed E-state index contributed by atoms with van der Waals surface area (Å²) in [7, 11) is 0. The number of ether oxygens (including phenoxy) is 2. The first kappa shape index (κ1) is 19.5. The number of amides is 1. The summed E-state index contributed by atoms with van der Waals surface area (Å²) in [5.74, 6) is -0.0684. The minimum Gasteiger partial charge on any atom is -0.493 e. The van der Waals surface area contributed by atoms with Gasteiger partial charge in [-0.05, 0) is 43.0 Å². The van der Waals surface area contributed by atoms with Gasteiger partial charge in [-0.25, -0.2) is 0 Å². The van der Waals surface area contributed by atoms with E-state index < -0.39 is 5.97 Å². The fraction of sp³-hybridized carbons (Fsp3) is 0.333. The molecule has 1 amide bonds. The minimum absolute atomic E-state index is 0.0895. The van der Waals surface area contributed by atoms with Gasteiger partial charge in [0, 0.05) is 5.69 Å². The molecule has 0 aliphatic carbocycles. The highest BCUT2D eigenvalue weighted by Crippen LogP contribution is 2.21. The van der Waals surface area contributed by atoms with E-state index >= 15 is 0 Å². The van der Waals surface area contributed by atoms with Gasteiger partial charge in [-0.3, -0.25) is 9.59 Å². The zero-order chi connectivity index (χ0) is 18.9. The molecular weight excluding hydrogens is 330 g/mol. The van der Waals surface area contributed by atoms with Gasteiger partial charge in [-0.15, -0.1) is 0 Å². The molecule has 26 heavy (non-hydrogen) atoms. The summed E-state index contributed by atoms with van der Waals surface area (Å²) in [6, 6.07) is 13.4. The molecule has 0 radical (unpaired) electrons. The van der Waals surface area contributed by atoms with Gasteiger partial charge < -0.3 is 14.8 Å². The molecule has 0 heterocycles. The molecule has 0 unspecified atom stereocenters. The van der Waals surface area contributed by atoms with Crippen molar-refractivity contribution in [2.45, 2.75) is 33.6 Å². The van der Waals surface area contributed by atoms with Crippen molar-refractivity contribution < 1.29 is 19.1 Å². The van der Waals surface area contributed by atoms with Gasteiger partial charge in [0.05, 0.1) is 13.0 Å². The molecule has 2 aromatic rings. The largest absolute Gasteiger partial charge is 0.493 e. The number of carbonyl (C=O) groups excluding carboxylic acids is 2. The van der Waals surface area contributed by atoms with Crippen LogP contribution in [0.2, 0.25) is 0 Å². The van der Waals surface area contributed by atoms with E-state index in [1.807, 2.05) is 63.2 Å². The lowest BCUT2D eigenvalue weighted by Gasteiger charge is -2.13. The van der Waals surface area contributed by atoms with Crippen LogP contribution >= 0.6 is 0 Å². The van der Waals surface area contributed by atoms with Crippen LogP contribution in [-0.2, 0) is 20.7 Å². The van der Waals surface area contributed by atoms with Gasteiger partial charge in [-0.2, -0.15) is 0 Å². The van der Waals surface area contributed by atoms with Crippen LogP contribution in [0.3, 0.4) is 0 Å². The Morgan fingerprint density at radius 2 is 1.73 bits per heavy atom. The van der Waals surface area contributed by atoms with Crippen LogP contribution in [0.5, 0.6) is 5.75 Å². The Morgan fingerprint density at radius 1 is 1.00 bits per heavy atom. The van der Waals surface area contributed by atoms with Crippen molar-refractivity contribution in [3.8, 4) is 5.75 Å². The normalized spacial score (nSPS) is 10.3.